The first-order valence-corrected chi connectivity index (χ1v) is 11.2. The van der Waals surface area contributed by atoms with Gasteiger partial charge in [0.15, 0.2) is 5.69 Å². The first-order valence-electron chi connectivity index (χ1n) is 9.20. The molecule has 0 fully saturated rings. The summed E-state index contributed by atoms with van der Waals surface area (Å²) in [4.78, 5) is 29.6. The molecule has 30 heavy (non-hydrogen) atoms. The van der Waals surface area contributed by atoms with Crippen LogP contribution in [0.1, 0.15) is 34.0 Å². The second kappa shape index (κ2) is 8.22. The first kappa shape index (κ1) is 20.6. The zero-order valence-corrected chi connectivity index (χ0v) is 18.5. The standard InChI is InChI=1S/C21H17ClN2O4S2/c1-3-27-19(25)13-9-12-14(10-5-7-11(22)8-6-10)15-16(23)17(20(26)28-4-2)24-18(15)30-21(12)29-13/h5-9H,3-4,23H2,1-2H3. The number of anilines is 1. The largest absolute Gasteiger partial charge is 0.462 e. The van der Waals surface area contributed by atoms with Crippen LogP contribution >= 0.6 is 34.3 Å². The molecule has 154 valence electrons. The van der Waals surface area contributed by atoms with Crippen molar-refractivity contribution >= 4 is 61.3 Å². The van der Waals surface area contributed by atoms with E-state index in [4.69, 9.17) is 26.8 Å². The Morgan fingerprint density at radius 2 is 1.70 bits per heavy atom. The molecule has 0 bridgehead atoms. The number of nitrogens with two attached hydrogens (primary N) is 1. The summed E-state index contributed by atoms with van der Waals surface area (Å²) in [6.45, 7) is 4.02. The van der Waals surface area contributed by atoms with Gasteiger partial charge in [-0.3, -0.25) is 0 Å². The fourth-order valence-corrected chi connectivity index (χ4v) is 5.67. The third-order valence-corrected chi connectivity index (χ3v) is 6.99. The van der Waals surface area contributed by atoms with E-state index in [1.807, 2.05) is 12.1 Å². The number of carbonyl (C=O) groups excluding carboxylic acids is 2. The average molecular weight is 461 g/mol. The number of nitrogen functional groups attached to an aromatic ring is 1. The number of esters is 2. The number of hydrogen-bond donors (Lipinski definition) is 1. The van der Waals surface area contributed by atoms with Gasteiger partial charge in [0.25, 0.3) is 0 Å². The Labute approximate surface area is 185 Å². The normalized spacial score (nSPS) is 11.2. The quantitative estimate of drug-likeness (QED) is 0.383. The van der Waals surface area contributed by atoms with Gasteiger partial charge in [-0.2, -0.15) is 0 Å². The zero-order valence-electron chi connectivity index (χ0n) is 16.2. The maximum atomic E-state index is 12.3. The summed E-state index contributed by atoms with van der Waals surface area (Å²) in [5.41, 5.74) is 9.04. The molecule has 1 aromatic carbocycles. The van der Waals surface area contributed by atoms with Crippen molar-refractivity contribution < 1.29 is 19.1 Å². The molecule has 1 aromatic heterocycles. The maximum absolute atomic E-state index is 12.3. The maximum Gasteiger partial charge on any atom is 0.359 e. The molecule has 2 N–H and O–H groups in total. The van der Waals surface area contributed by atoms with Crippen LogP contribution in [0.2, 0.25) is 5.02 Å². The molecule has 2 aliphatic rings. The van der Waals surface area contributed by atoms with Crippen molar-refractivity contribution in [2.75, 3.05) is 18.9 Å². The Hall–Kier alpha value is -2.68. The fourth-order valence-electron chi connectivity index (χ4n) is 3.19. The minimum Gasteiger partial charge on any atom is -0.462 e. The second-order valence-electron chi connectivity index (χ2n) is 6.29. The van der Waals surface area contributed by atoms with Crippen molar-refractivity contribution in [3.8, 4) is 21.7 Å². The van der Waals surface area contributed by atoms with Crippen LogP contribution in [-0.4, -0.2) is 30.1 Å². The lowest BCUT2D eigenvalue weighted by atomic mass is 9.98. The molecule has 6 nitrogen and oxygen atoms in total. The third-order valence-electron chi connectivity index (χ3n) is 4.44. The van der Waals surface area contributed by atoms with E-state index in [0.29, 0.717) is 27.1 Å². The van der Waals surface area contributed by atoms with Crippen molar-refractivity contribution in [1.82, 2.24) is 4.98 Å². The summed E-state index contributed by atoms with van der Waals surface area (Å²) in [7, 11) is 0. The van der Waals surface area contributed by atoms with Gasteiger partial charge < -0.3 is 15.2 Å². The molecule has 0 spiro atoms. The molecule has 9 heteroatoms. The van der Waals surface area contributed by atoms with Crippen molar-refractivity contribution in [2.45, 2.75) is 13.8 Å². The number of thiophene rings is 1. The van der Waals surface area contributed by atoms with Gasteiger partial charge in [0.1, 0.15) is 9.88 Å². The van der Waals surface area contributed by atoms with Crippen molar-refractivity contribution in [1.29, 1.82) is 0 Å². The Bertz CT molecular complexity index is 1230. The van der Waals surface area contributed by atoms with E-state index in [0.717, 1.165) is 20.5 Å². The number of fused-ring (bicyclic) bond motifs is 2. The minimum atomic E-state index is -0.559. The average Bonchev–Trinajstić information content (AvgIpc) is 3.29. The Kier molecular flexibility index (Phi) is 5.64. The molecular weight excluding hydrogens is 444 g/mol. The van der Waals surface area contributed by atoms with Gasteiger partial charge in [0.05, 0.1) is 22.9 Å². The lowest BCUT2D eigenvalue weighted by Gasteiger charge is -2.10. The minimum absolute atomic E-state index is 0.0987. The highest BCUT2D eigenvalue weighted by Crippen LogP contribution is 2.49. The Morgan fingerprint density at radius 3 is 2.37 bits per heavy atom. The summed E-state index contributed by atoms with van der Waals surface area (Å²) >= 11 is 8.78. The topological polar surface area (TPSA) is 91.5 Å². The van der Waals surface area contributed by atoms with Gasteiger partial charge in [0, 0.05) is 21.5 Å². The smallest absolute Gasteiger partial charge is 0.359 e. The number of carbonyl (C=O) groups is 2. The summed E-state index contributed by atoms with van der Waals surface area (Å²) in [6.07, 6.45) is 0. The molecule has 4 rings (SSSR count). The van der Waals surface area contributed by atoms with Crippen LogP contribution in [0.3, 0.4) is 0 Å². The highest BCUT2D eigenvalue weighted by molar-refractivity contribution is 7.40. The van der Waals surface area contributed by atoms with E-state index in [9.17, 15) is 9.59 Å². The number of aromatic nitrogens is 1. The van der Waals surface area contributed by atoms with Crippen LogP contribution in [0.15, 0.2) is 30.3 Å². The number of hydrogen-bond acceptors (Lipinski definition) is 8. The highest BCUT2D eigenvalue weighted by atomic mass is 35.5. The van der Waals surface area contributed by atoms with E-state index >= 15 is 0 Å². The lowest BCUT2D eigenvalue weighted by Crippen LogP contribution is -2.07. The predicted octanol–water partition coefficient (Wildman–Crippen LogP) is 5.72. The molecule has 3 heterocycles. The lowest BCUT2D eigenvalue weighted by molar-refractivity contribution is 0.0516. The van der Waals surface area contributed by atoms with E-state index in [1.54, 1.807) is 32.0 Å². The van der Waals surface area contributed by atoms with Crippen molar-refractivity contribution in [3.05, 3.63) is 45.9 Å². The number of halogens is 1. The van der Waals surface area contributed by atoms with Gasteiger partial charge in [-0.05, 0) is 37.6 Å². The van der Waals surface area contributed by atoms with Crippen molar-refractivity contribution in [2.24, 2.45) is 0 Å². The van der Waals surface area contributed by atoms with Crippen LogP contribution in [-0.2, 0) is 9.47 Å². The Balaban J connectivity index is 2.03. The van der Waals surface area contributed by atoms with E-state index in [1.165, 1.54) is 22.7 Å². The van der Waals surface area contributed by atoms with Crippen molar-refractivity contribution in [3.63, 3.8) is 0 Å². The van der Waals surface area contributed by atoms with Gasteiger partial charge in [-0.15, -0.1) is 22.7 Å². The third kappa shape index (κ3) is 3.51. The number of nitrogens with zero attached hydrogens (tertiary/aromatic N) is 1. The van der Waals surface area contributed by atoms with Gasteiger partial charge in [0.2, 0.25) is 0 Å². The molecular formula is C21H17ClN2O4S2. The van der Waals surface area contributed by atoms with Gasteiger partial charge in [-0.1, -0.05) is 23.7 Å². The SMILES string of the molecule is CCOC(=O)c1cc2c(-c3ccc(Cl)cc3)c3c(N)c(C(=O)OCC)nc-3sc2s1. The molecule has 0 unspecified atom stereocenters. The van der Waals surface area contributed by atoms with Crippen LogP contribution in [0.25, 0.3) is 31.1 Å². The van der Waals surface area contributed by atoms with Gasteiger partial charge >= 0.3 is 11.9 Å². The van der Waals surface area contributed by atoms with E-state index in [2.05, 4.69) is 4.98 Å². The molecule has 0 aliphatic carbocycles. The van der Waals surface area contributed by atoms with Crippen LogP contribution in [0.5, 0.6) is 0 Å². The summed E-state index contributed by atoms with van der Waals surface area (Å²) in [5.74, 6) is -0.934. The van der Waals surface area contributed by atoms with E-state index in [-0.39, 0.29) is 24.0 Å². The Morgan fingerprint density at radius 1 is 1.03 bits per heavy atom. The molecule has 0 atom stereocenters. The summed E-state index contributed by atoms with van der Waals surface area (Å²) < 4.78 is 11.1. The molecule has 0 radical (unpaired) electrons. The number of rotatable bonds is 5. The predicted molar refractivity (Wildman–Crippen MR) is 121 cm³/mol. The zero-order chi connectivity index (χ0) is 21.4. The number of benzene rings is 1. The van der Waals surface area contributed by atoms with Crippen LogP contribution in [0, 0.1) is 0 Å². The summed E-state index contributed by atoms with van der Waals surface area (Å²) in [5, 5.41) is 2.05. The highest BCUT2D eigenvalue weighted by Gasteiger charge is 2.29. The van der Waals surface area contributed by atoms with Gasteiger partial charge in [-0.25, -0.2) is 14.6 Å². The molecule has 0 saturated heterocycles. The molecule has 0 amide bonds. The van der Waals surface area contributed by atoms with Crippen LogP contribution in [0.4, 0.5) is 5.69 Å². The molecule has 0 saturated carbocycles. The molecule has 2 aliphatic heterocycles. The molecule has 2 aromatic rings. The summed E-state index contributed by atoms with van der Waals surface area (Å²) in [6, 6.07) is 9.11. The fraction of sp³-hybridized carbons (Fsp3) is 0.190. The second-order valence-corrected chi connectivity index (χ2v) is 9.04. The first-order chi connectivity index (χ1) is 14.4. The number of ether oxygens (including phenoxy) is 2. The van der Waals surface area contributed by atoms with Crippen LogP contribution < -0.4 is 5.73 Å². The van der Waals surface area contributed by atoms with E-state index < -0.39 is 5.97 Å². The monoisotopic (exact) mass is 460 g/mol.